The van der Waals surface area contributed by atoms with Gasteiger partial charge in [0.05, 0.1) is 17.3 Å². The number of anilines is 4. The van der Waals surface area contributed by atoms with Gasteiger partial charge in [-0.15, -0.1) is 0 Å². The molecule has 1 atom stereocenters. The van der Waals surface area contributed by atoms with E-state index in [1.165, 1.54) is 6.33 Å². The monoisotopic (exact) mass is 336 g/mol. The fraction of sp³-hybridized carbons (Fsp3) is 0.278. The maximum Gasteiger partial charge on any atom is 0.159 e. The van der Waals surface area contributed by atoms with Gasteiger partial charge in [-0.25, -0.2) is 9.97 Å². The Kier molecular flexibility index (Phi) is 4.30. The normalized spacial score (nSPS) is 16.9. The molecule has 7 heteroatoms. The largest absolute Gasteiger partial charge is 0.393 e. The lowest BCUT2D eigenvalue weighted by Crippen LogP contribution is -2.20. The van der Waals surface area contributed by atoms with Crippen LogP contribution in [0, 0.1) is 0 Å². The van der Waals surface area contributed by atoms with E-state index in [4.69, 9.17) is 10.5 Å². The van der Waals surface area contributed by atoms with Crippen molar-refractivity contribution >= 4 is 33.9 Å². The number of hydrogen-bond donors (Lipinski definition) is 3. The fourth-order valence-corrected chi connectivity index (χ4v) is 2.98. The summed E-state index contributed by atoms with van der Waals surface area (Å²) in [7, 11) is 0. The number of nitrogens with one attached hydrogen (secondary N) is 2. The van der Waals surface area contributed by atoms with Gasteiger partial charge in [0.2, 0.25) is 0 Å². The highest BCUT2D eigenvalue weighted by Gasteiger charge is 2.16. The molecule has 0 spiro atoms. The van der Waals surface area contributed by atoms with Crippen LogP contribution in [0.15, 0.2) is 42.9 Å². The zero-order valence-electron chi connectivity index (χ0n) is 13.8. The molecule has 3 aromatic rings. The maximum atomic E-state index is 6.25. The standard InChI is InChI=1S/C18H20N6O/c19-15-17(21-10-13-6-3-9-25-13)22-11-23-18(15)24-14-7-1-4-12-5-2-8-20-16(12)14/h1-2,4-5,7-8,11,13H,3,6,9-10,19H2,(H2,21,22,23,24). The van der Waals surface area contributed by atoms with Gasteiger partial charge in [-0.3, -0.25) is 4.98 Å². The van der Waals surface area contributed by atoms with Gasteiger partial charge >= 0.3 is 0 Å². The number of fused-ring (bicyclic) bond motifs is 1. The molecule has 0 bridgehead atoms. The number of pyridine rings is 1. The summed E-state index contributed by atoms with van der Waals surface area (Å²) in [4.78, 5) is 13.0. The Bertz CT molecular complexity index is 873. The molecule has 1 aliphatic rings. The molecule has 1 aliphatic heterocycles. The molecule has 4 N–H and O–H groups in total. The molecule has 4 rings (SSSR count). The molecule has 0 aliphatic carbocycles. The van der Waals surface area contributed by atoms with E-state index in [0.717, 1.165) is 36.0 Å². The summed E-state index contributed by atoms with van der Waals surface area (Å²) in [5.41, 5.74) is 8.46. The van der Waals surface area contributed by atoms with Gasteiger partial charge in [0, 0.05) is 24.7 Å². The highest BCUT2D eigenvalue weighted by molar-refractivity contribution is 5.93. The van der Waals surface area contributed by atoms with E-state index in [0.29, 0.717) is 23.9 Å². The van der Waals surface area contributed by atoms with Crippen molar-refractivity contribution in [1.29, 1.82) is 0 Å². The minimum absolute atomic E-state index is 0.216. The third kappa shape index (κ3) is 3.32. The van der Waals surface area contributed by atoms with E-state index in [2.05, 4.69) is 25.6 Å². The van der Waals surface area contributed by atoms with Crippen LogP contribution in [0.25, 0.3) is 10.9 Å². The smallest absolute Gasteiger partial charge is 0.159 e. The molecule has 1 aromatic carbocycles. The number of rotatable bonds is 5. The second-order valence-corrected chi connectivity index (χ2v) is 6.01. The minimum Gasteiger partial charge on any atom is -0.393 e. The number of ether oxygens (including phenoxy) is 1. The number of nitrogens with zero attached hydrogens (tertiary/aromatic N) is 3. The molecule has 1 saturated heterocycles. The third-order valence-electron chi connectivity index (χ3n) is 4.29. The molecule has 1 unspecified atom stereocenters. The third-order valence-corrected chi connectivity index (χ3v) is 4.29. The first kappa shape index (κ1) is 15.6. The Balaban J connectivity index is 1.56. The van der Waals surface area contributed by atoms with Gasteiger partial charge in [0.25, 0.3) is 0 Å². The topological polar surface area (TPSA) is 98.0 Å². The van der Waals surface area contributed by atoms with Crippen molar-refractivity contribution in [3.05, 3.63) is 42.9 Å². The molecule has 7 nitrogen and oxygen atoms in total. The molecule has 3 heterocycles. The quantitative estimate of drug-likeness (QED) is 0.659. The van der Waals surface area contributed by atoms with Crippen LogP contribution in [0.1, 0.15) is 12.8 Å². The van der Waals surface area contributed by atoms with Crippen LogP contribution < -0.4 is 16.4 Å². The molecular weight excluding hydrogens is 316 g/mol. The van der Waals surface area contributed by atoms with Gasteiger partial charge in [-0.2, -0.15) is 0 Å². The average molecular weight is 336 g/mol. The van der Waals surface area contributed by atoms with Crippen LogP contribution >= 0.6 is 0 Å². The SMILES string of the molecule is Nc1c(NCC2CCCO2)ncnc1Nc1cccc2cccnc12. The summed E-state index contributed by atoms with van der Waals surface area (Å²) in [5.74, 6) is 1.17. The summed E-state index contributed by atoms with van der Waals surface area (Å²) >= 11 is 0. The maximum absolute atomic E-state index is 6.25. The molecule has 2 aromatic heterocycles. The second-order valence-electron chi connectivity index (χ2n) is 6.01. The second kappa shape index (κ2) is 6.90. The van der Waals surface area contributed by atoms with Crippen LogP contribution in [0.4, 0.5) is 23.0 Å². The summed E-state index contributed by atoms with van der Waals surface area (Å²) in [6.45, 7) is 1.52. The summed E-state index contributed by atoms with van der Waals surface area (Å²) < 4.78 is 5.62. The molecule has 0 saturated carbocycles. The summed E-state index contributed by atoms with van der Waals surface area (Å²) in [5, 5.41) is 7.59. The van der Waals surface area contributed by atoms with Crippen molar-refractivity contribution in [2.75, 3.05) is 29.5 Å². The van der Waals surface area contributed by atoms with Gasteiger partial charge in [-0.1, -0.05) is 18.2 Å². The van der Waals surface area contributed by atoms with Crippen LogP contribution in [-0.2, 0) is 4.74 Å². The van der Waals surface area contributed by atoms with Crippen LogP contribution in [0.2, 0.25) is 0 Å². The van der Waals surface area contributed by atoms with Crippen LogP contribution in [-0.4, -0.2) is 34.2 Å². The molecular formula is C18H20N6O. The summed E-state index contributed by atoms with van der Waals surface area (Å²) in [6.07, 6.45) is 5.64. The Morgan fingerprint density at radius 3 is 2.88 bits per heavy atom. The predicted molar refractivity (Wildman–Crippen MR) is 98.9 cm³/mol. The van der Waals surface area contributed by atoms with E-state index >= 15 is 0 Å². The molecule has 1 fully saturated rings. The lowest BCUT2D eigenvalue weighted by atomic mass is 10.2. The van der Waals surface area contributed by atoms with E-state index in [1.807, 2.05) is 30.3 Å². The molecule has 25 heavy (non-hydrogen) atoms. The number of hydrogen-bond acceptors (Lipinski definition) is 7. The Labute approximate surface area is 145 Å². The Morgan fingerprint density at radius 2 is 2.00 bits per heavy atom. The van der Waals surface area contributed by atoms with Crippen molar-refractivity contribution < 1.29 is 4.74 Å². The highest BCUT2D eigenvalue weighted by atomic mass is 16.5. The zero-order valence-corrected chi connectivity index (χ0v) is 13.8. The van der Waals surface area contributed by atoms with E-state index in [1.54, 1.807) is 6.20 Å². The van der Waals surface area contributed by atoms with Crippen LogP contribution in [0.3, 0.4) is 0 Å². The first-order chi connectivity index (χ1) is 12.3. The number of aromatic nitrogens is 3. The minimum atomic E-state index is 0.216. The van der Waals surface area contributed by atoms with Crippen molar-refractivity contribution in [3.63, 3.8) is 0 Å². The zero-order chi connectivity index (χ0) is 17.1. The van der Waals surface area contributed by atoms with Gasteiger partial charge in [0.1, 0.15) is 12.0 Å². The van der Waals surface area contributed by atoms with Crippen molar-refractivity contribution in [2.24, 2.45) is 0 Å². The number of nitrogen functional groups attached to an aromatic ring is 1. The first-order valence-corrected chi connectivity index (χ1v) is 8.38. The molecule has 0 amide bonds. The molecule has 0 radical (unpaired) electrons. The summed E-state index contributed by atoms with van der Waals surface area (Å²) in [6, 6.07) is 9.88. The number of para-hydroxylation sites is 1. The van der Waals surface area contributed by atoms with Gasteiger partial charge in [-0.05, 0) is 25.0 Å². The van der Waals surface area contributed by atoms with Gasteiger partial charge < -0.3 is 21.1 Å². The van der Waals surface area contributed by atoms with Crippen molar-refractivity contribution in [1.82, 2.24) is 15.0 Å². The highest BCUT2D eigenvalue weighted by Crippen LogP contribution is 2.29. The lowest BCUT2D eigenvalue weighted by molar-refractivity contribution is 0.120. The average Bonchev–Trinajstić information content (AvgIpc) is 3.16. The van der Waals surface area contributed by atoms with Gasteiger partial charge in [0.15, 0.2) is 11.6 Å². The number of nitrogens with two attached hydrogens (primary N) is 1. The van der Waals surface area contributed by atoms with E-state index < -0.39 is 0 Å². The van der Waals surface area contributed by atoms with Crippen molar-refractivity contribution in [2.45, 2.75) is 18.9 Å². The van der Waals surface area contributed by atoms with E-state index in [9.17, 15) is 0 Å². The first-order valence-electron chi connectivity index (χ1n) is 8.38. The molecule has 128 valence electrons. The van der Waals surface area contributed by atoms with E-state index in [-0.39, 0.29) is 6.10 Å². The predicted octanol–water partition coefficient (Wildman–Crippen LogP) is 2.94. The fourth-order valence-electron chi connectivity index (χ4n) is 2.98. The Morgan fingerprint density at radius 1 is 1.12 bits per heavy atom. The number of benzene rings is 1. The Hall–Kier alpha value is -2.93. The van der Waals surface area contributed by atoms with Crippen molar-refractivity contribution in [3.8, 4) is 0 Å². The van der Waals surface area contributed by atoms with Crippen LogP contribution in [0.5, 0.6) is 0 Å². The lowest BCUT2D eigenvalue weighted by Gasteiger charge is -2.15.